The maximum absolute atomic E-state index is 15.4. The van der Waals surface area contributed by atoms with Crippen LogP contribution < -0.4 is 14.8 Å². The predicted molar refractivity (Wildman–Crippen MR) is 170 cm³/mol. The van der Waals surface area contributed by atoms with Crippen molar-refractivity contribution in [3.63, 3.8) is 0 Å². The second kappa shape index (κ2) is 12.5. The van der Waals surface area contributed by atoms with Crippen LogP contribution in [0.4, 0.5) is 4.39 Å². The first-order valence-electron chi connectivity index (χ1n) is 15.5. The zero-order chi connectivity index (χ0) is 31.8. The van der Waals surface area contributed by atoms with Gasteiger partial charge in [0.15, 0.2) is 0 Å². The topological polar surface area (TPSA) is 102 Å². The van der Waals surface area contributed by atoms with Crippen molar-refractivity contribution in [3.05, 3.63) is 76.5 Å². The summed E-state index contributed by atoms with van der Waals surface area (Å²) < 4.78 is 49.1. The van der Waals surface area contributed by atoms with Crippen LogP contribution in [0.5, 0.6) is 5.75 Å². The van der Waals surface area contributed by atoms with Gasteiger partial charge in [-0.05, 0) is 93.0 Å². The Kier molecular flexibility index (Phi) is 9.08. The van der Waals surface area contributed by atoms with Crippen LogP contribution in [0.3, 0.4) is 0 Å². The molecule has 2 fully saturated rings. The third kappa shape index (κ3) is 6.77. The number of hydrogen-bond donors (Lipinski definition) is 2. The van der Waals surface area contributed by atoms with Gasteiger partial charge in [-0.2, -0.15) is 0 Å². The van der Waals surface area contributed by atoms with Gasteiger partial charge in [-0.1, -0.05) is 56.7 Å². The SMILES string of the molecule is C=C(C)S(=O)(=O)NC(=O)c1cccc(O[C@@H]2CC[C@@H](NC(=O)[C@@H]3CC(C)(C)CC=C3C)C2)c1-c1cccc(F)c1C1CCC1. The van der Waals surface area contributed by atoms with E-state index in [1.807, 2.05) is 6.92 Å². The number of nitrogens with one attached hydrogen (secondary N) is 2. The van der Waals surface area contributed by atoms with Gasteiger partial charge in [0.1, 0.15) is 17.7 Å². The Morgan fingerprint density at radius 1 is 1.07 bits per heavy atom. The number of carbonyl (C=O) groups excluding carboxylic acids is 2. The van der Waals surface area contributed by atoms with E-state index in [1.54, 1.807) is 24.3 Å². The third-order valence-corrected chi connectivity index (χ3v) is 10.8. The van der Waals surface area contributed by atoms with Gasteiger partial charge in [0.2, 0.25) is 5.91 Å². The Morgan fingerprint density at radius 3 is 2.48 bits per heavy atom. The molecule has 0 aromatic heterocycles. The summed E-state index contributed by atoms with van der Waals surface area (Å²) in [6, 6.07) is 9.63. The van der Waals surface area contributed by atoms with Crippen molar-refractivity contribution >= 4 is 21.8 Å². The van der Waals surface area contributed by atoms with Crippen LogP contribution in [-0.2, 0) is 14.8 Å². The summed E-state index contributed by atoms with van der Waals surface area (Å²) in [5, 5.41) is 3.24. The molecule has 2 N–H and O–H groups in total. The first-order chi connectivity index (χ1) is 20.8. The number of sulfonamides is 1. The van der Waals surface area contributed by atoms with Crippen LogP contribution in [0.25, 0.3) is 11.1 Å². The number of halogens is 1. The summed E-state index contributed by atoms with van der Waals surface area (Å²) in [6.45, 7) is 11.2. The molecule has 3 aliphatic rings. The lowest BCUT2D eigenvalue weighted by Crippen LogP contribution is -2.41. The molecule has 7 nitrogen and oxygen atoms in total. The van der Waals surface area contributed by atoms with Crippen molar-refractivity contribution in [1.29, 1.82) is 0 Å². The van der Waals surface area contributed by atoms with Crippen molar-refractivity contribution in [2.24, 2.45) is 11.3 Å². The van der Waals surface area contributed by atoms with Crippen LogP contribution in [0.15, 0.2) is 59.5 Å². The number of hydrogen-bond acceptors (Lipinski definition) is 5. The Hall–Kier alpha value is -3.46. The normalized spacial score (nSPS) is 23.3. The number of ether oxygens (including phenoxy) is 1. The fourth-order valence-corrected chi connectivity index (χ4v) is 7.09. The van der Waals surface area contributed by atoms with Gasteiger partial charge in [-0.15, -0.1) is 0 Å². The molecule has 236 valence electrons. The summed E-state index contributed by atoms with van der Waals surface area (Å²) in [5.41, 5.74) is 2.66. The Balaban J connectivity index is 1.43. The molecule has 5 rings (SSSR count). The molecule has 0 radical (unpaired) electrons. The van der Waals surface area contributed by atoms with E-state index in [2.05, 4.69) is 36.5 Å². The van der Waals surface area contributed by atoms with Crippen LogP contribution in [0.2, 0.25) is 0 Å². The number of benzene rings is 2. The summed E-state index contributed by atoms with van der Waals surface area (Å²) in [7, 11) is -4.10. The highest BCUT2D eigenvalue weighted by Crippen LogP contribution is 2.46. The molecule has 0 heterocycles. The lowest BCUT2D eigenvalue weighted by molar-refractivity contribution is -0.125. The fraction of sp³-hybridized carbons (Fsp3) is 0.486. The smallest absolute Gasteiger partial charge is 0.265 e. The maximum Gasteiger partial charge on any atom is 0.265 e. The monoisotopic (exact) mass is 622 g/mol. The van der Waals surface area contributed by atoms with Crippen LogP contribution >= 0.6 is 0 Å². The van der Waals surface area contributed by atoms with Gasteiger partial charge in [0.25, 0.3) is 15.9 Å². The minimum Gasteiger partial charge on any atom is -0.490 e. The van der Waals surface area contributed by atoms with E-state index in [-0.39, 0.29) is 51.6 Å². The molecule has 3 aliphatic carbocycles. The highest BCUT2D eigenvalue weighted by molar-refractivity contribution is 7.93. The molecule has 2 amide bonds. The Morgan fingerprint density at radius 2 is 1.80 bits per heavy atom. The van der Waals surface area contributed by atoms with Crippen molar-refractivity contribution in [2.45, 2.75) is 97.1 Å². The molecule has 0 unspecified atom stereocenters. The molecule has 0 aliphatic heterocycles. The van der Waals surface area contributed by atoms with Crippen molar-refractivity contribution in [2.75, 3.05) is 0 Å². The second-order valence-electron chi connectivity index (χ2n) is 13.5. The minimum absolute atomic E-state index is 0.00247. The number of amides is 2. The van der Waals surface area contributed by atoms with Crippen LogP contribution in [0, 0.1) is 17.2 Å². The Bertz CT molecular complexity index is 1610. The molecule has 2 saturated carbocycles. The standard InChI is InChI=1S/C35H43FN2O5S/c1-21(2)44(41,42)38-34(40)27-12-8-14-30(32(27)26-11-7-13-29(36)31(26)23-9-6-10-23)43-25-16-15-24(19-25)37-33(39)28-20-35(4,5)18-17-22(28)3/h7-8,11-14,17,23-25,28H,1,6,9-10,15-16,18-20H2,2-5H3,(H,37,39)(H,38,40)/t24-,25-,28-/m1/s1. The van der Waals surface area contributed by atoms with Crippen molar-refractivity contribution in [3.8, 4) is 16.9 Å². The van der Waals surface area contributed by atoms with E-state index in [0.29, 0.717) is 35.3 Å². The lowest BCUT2D eigenvalue weighted by atomic mass is 9.72. The maximum atomic E-state index is 15.4. The van der Waals surface area contributed by atoms with E-state index in [4.69, 9.17) is 4.74 Å². The van der Waals surface area contributed by atoms with Gasteiger partial charge in [-0.25, -0.2) is 17.5 Å². The molecule has 0 saturated heterocycles. The highest BCUT2D eigenvalue weighted by atomic mass is 32.2. The van der Waals surface area contributed by atoms with Crippen LogP contribution in [0.1, 0.15) is 101 Å². The number of allylic oxidation sites excluding steroid dienone is 2. The van der Waals surface area contributed by atoms with Gasteiger partial charge < -0.3 is 10.1 Å². The van der Waals surface area contributed by atoms with E-state index in [9.17, 15) is 18.0 Å². The second-order valence-corrected chi connectivity index (χ2v) is 15.4. The quantitative estimate of drug-likeness (QED) is 0.289. The molecular weight excluding hydrogens is 579 g/mol. The van der Waals surface area contributed by atoms with Crippen LogP contribution in [-0.4, -0.2) is 32.4 Å². The van der Waals surface area contributed by atoms with Crippen molar-refractivity contribution < 1.29 is 27.1 Å². The minimum atomic E-state index is -4.10. The van der Waals surface area contributed by atoms with Gasteiger partial charge in [0.05, 0.1) is 16.4 Å². The average Bonchev–Trinajstić information content (AvgIpc) is 3.36. The van der Waals surface area contributed by atoms with E-state index < -0.39 is 15.9 Å². The van der Waals surface area contributed by atoms with E-state index in [1.165, 1.54) is 19.1 Å². The van der Waals surface area contributed by atoms with Gasteiger partial charge in [-0.3, -0.25) is 9.59 Å². The molecule has 0 spiro atoms. The van der Waals surface area contributed by atoms with Gasteiger partial charge in [0, 0.05) is 18.0 Å². The first-order valence-corrected chi connectivity index (χ1v) is 17.0. The zero-order valence-electron chi connectivity index (χ0n) is 26.0. The number of rotatable bonds is 9. The lowest BCUT2D eigenvalue weighted by Gasteiger charge is -2.34. The first kappa shape index (κ1) is 31.9. The predicted octanol–water partition coefficient (Wildman–Crippen LogP) is 7.15. The van der Waals surface area contributed by atoms with Gasteiger partial charge >= 0.3 is 0 Å². The van der Waals surface area contributed by atoms with E-state index >= 15 is 4.39 Å². The average molecular weight is 623 g/mol. The number of carbonyl (C=O) groups is 2. The zero-order valence-corrected chi connectivity index (χ0v) is 26.9. The van der Waals surface area contributed by atoms with Crippen molar-refractivity contribution in [1.82, 2.24) is 10.0 Å². The summed E-state index contributed by atoms with van der Waals surface area (Å²) in [5.74, 6) is -0.924. The molecule has 0 bridgehead atoms. The summed E-state index contributed by atoms with van der Waals surface area (Å²) in [4.78, 5) is 26.5. The third-order valence-electron chi connectivity index (χ3n) is 9.42. The summed E-state index contributed by atoms with van der Waals surface area (Å²) in [6.07, 6.45) is 8.37. The summed E-state index contributed by atoms with van der Waals surface area (Å²) >= 11 is 0. The highest BCUT2D eigenvalue weighted by Gasteiger charge is 2.36. The molecular formula is C35H43FN2O5S. The fourth-order valence-electron chi connectivity index (χ4n) is 6.56. The molecule has 2 aromatic carbocycles. The Labute approximate surface area is 260 Å². The van der Waals surface area contributed by atoms with E-state index in [0.717, 1.165) is 44.1 Å². The molecule has 3 atom stereocenters. The molecule has 44 heavy (non-hydrogen) atoms. The largest absolute Gasteiger partial charge is 0.490 e. The molecule has 9 heteroatoms. The molecule has 2 aromatic rings.